The summed E-state index contributed by atoms with van der Waals surface area (Å²) in [4.78, 5) is 12.9. The maximum atomic E-state index is 12.6. The molecule has 3 rings (SSSR count). The lowest BCUT2D eigenvalue weighted by molar-refractivity contribution is -0.137. The van der Waals surface area contributed by atoms with Crippen LogP contribution in [0.15, 0.2) is 36.4 Å². The highest BCUT2D eigenvalue weighted by atomic mass is 19.4. The van der Waals surface area contributed by atoms with Crippen molar-refractivity contribution >= 4 is 11.7 Å². The maximum absolute atomic E-state index is 12.6. The molecule has 0 bridgehead atoms. The van der Waals surface area contributed by atoms with Gasteiger partial charge in [-0.25, -0.2) is 0 Å². The summed E-state index contributed by atoms with van der Waals surface area (Å²) < 4.78 is 43.6. The van der Waals surface area contributed by atoms with Gasteiger partial charge >= 0.3 is 6.18 Å². The van der Waals surface area contributed by atoms with Crippen LogP contribution in [0, 0.1) is 0 Å². The monoisotopic (exact) mass is 352 g/mol. The molecule has 1 atom stereocenters. The number of hydrogen-bond acceptors (Lipinski definition) is 5. The van der Waals surface area contributed by atoms with E-state index in [1.165, 1.54) is 18.2 Å². The van der Waals surface area contributed by atoms with E-state index < -0.39 is 17.6 Å². The molecule has 0 saturated carbocycles. The van der Waals surface area contributed by atoms with E-state index in [-0.39, 0.29) is 11.8 Å². The molecule has 0 spiro atoms. The average molecular weight is 352 g/mol. The maximum Gasteiger partial charge on any atom is 0.416 e. The van der Waals surface area contributed by atoms with E-state index in [1.807, 2.05) is 4.90 Å². The first-order valence-corrected chi connectivity index (χ1v) is 7.52. The number of amides is 1. The number of primary amides is 1. The molecule has 1 aliphatic heterocycles. The third kappa shape index (κ3) is 3.87. The Balaban J connectivity index is 1.73. The number of halogens is 3. The Labute approximate surface area is 141 Å². The lowest BCUT2D eigenvalue weighted by Gasteiger charge is -2.33. The van der Waals surface area contributed by atoms with Crippen molar-refractivity contribution in [1.29, 1.82) is 0 Å². The molecule has 1 saturated heterocycles. The molecule has 0 aliphatic carbocycles. The van der Waals surface area contributed by atoms with Crippen molar-refractivity contribution < 1.29 is 22.7 Å². The number of ether oxygens (including phenoxy) is 1. The Hall–Kier alpha value is -2.68. The van der Waals surface area contributed by atoms with Gasteiger partial charge in [0.1, 0.15) is 6.10 Å². The minimum Gasteiger partial charge on any atom is -0.370 e. The van der Waals surface area contributed by atoms with Crippen LogP contribution < -0.4 is 10.6 Å². The third-order valence-electron chi connectivity index (χ3n) is 3.90. The highest BCUT2D eigenvalue weighted by molar-refractivity contribution is 5.90. The first kappa shape index (κ1) is 17.2. The highest BCUT2D eigenvalue weighted by Gasteiger charge is 2.31. The van der Waals surface area contributed by atoms with Crippen LogP contribution in [0.1, 0.15) is 27.7 Å². The molecule has 2 N–H and O–H groups in total. The topological polar surface area (TPSA) is 81.3 Å². The fourth-order valence-corrected chi connectivity index (χ4v) is 2.57. The number of rotatable bonds is 3. The van der Waals surface area contributed by atoms with Crippen LogP contribution in [-0.4, -0.2) is 35.8 Å². The lowest BCUT2D eigenvalue weighted by Crippen LogP contribution is -2.39. The number of carbonyl (C=O) groups is 1. The van der Waals surface area contributed by atoms with Crippen molar-refractivity contribution in [3.63, 3.8) is 0 Å². The van der Waals surface area contributed by atoms with Gasteiger partial charge in [-0.15, -0.1) is 10.2 Å². The molecule has 9 heteroatoms. The van der Waals surface area contributed by atoms with Crippen LogP contribution in [-0.2, 0) is 10.9 Å². The van der Waals surface area contributed by atoms with Gasteiger partial charge in [0, 0.05) is 13.1 Å². The minimum atomic E-state index is -4.37. The molecule has 1 aliphatic rings. The van der Waals surface area contributed by atoms with Gasteiger partial charge in [0.15, 0.2) is 11.5 Å². The van der Waals surface area contributed by atoms with E-state index in [0.717, 1.165) is 12.1 Å². The van der Waals surface area contributed by atoms with Crippen LogP contribution in [0.3, 0.4) is 0 Å². The zero-order chi connectivity index (χ0) is 18.0. The standard InChI is InChI=1S/C16H15F3N4O2/c17-16(18,19)11-3-1-10(2-4-11)13-9-23(7-8-25-13)14-6-5-12(15(20)24)21-22-14/h1-6,13H,7-9H2,(H2,20,24). The number of anilines is 1. The number of benzene rings is 1. The molecule has 25 heavy (non-hydrogen) atoms. The zero-order valence-corrected chi connectivity index (χ0v) is 13.0. The quantitative estimate of drug-likeness (QED) is 0.916. The normalized spacial score (nSPS) is 18.2. The molecule has 6 nitrogen and oxygen atoms in total. The van der Waals surface area contributed by atoms with Crippen LogP contribution in [0.4, 0.5) is 19.0 Å². The summed E-state index contributed by atoms with van der Waals surface area (Å²) in [7, 11) is 0. The molecule has 2 aromatic rings. The molecule has 0 radical (unpaired) electrons. The van der Waals surface area contributed by atoms with E-state index in [1.54, 1.807) is 6.07 Å². The summed E-state index contributed by atoms with van der Waals surface area (Å²) in [6, 6.07) is 8.02. The number of hydrogen-bond donors (Lipinski definition) is 1. The van der Waals surface area contributed by atoms with Gasteiger partial charge in [0.05, 0.1) is 12.2 Å². The first-order valence-electron chi connectivity index (χ1n) is 7.52. The molecule has 132 valence electrons. The molecule has 1 fully saturated rings. The second-order valence-corrected chi connectivity index (χ2v) is 5.57. The van der Waals surface area contributed by atoms with Crippen molar-refractivity contribution in [3.05, 3.63) is 53.2 Å². The Morgan fingerprint density at radius 2 is 1.88 bits per heavy atom. The summed E-state index contributed by atoms with van der Waals surface area (Å²) in [5, 5.41) is 7.73. The van der Waals surface area contributed by atoms with Crippen molar-refractivity contribution in [2.75, 3.05) is 24.6 Å². The number of carbonyl (C=O) groups excluding carboxylic acids is 1. The smallest absolute Gasteiger partial charge is 0.370 e. The summed E-state index contributed by atoms with van der Waals surface area (Å²) in [5.74, 6) is -0.117. The lowest BCUT2D eigenvalue weighted by atomic mass is 10.1. The molecule has 1 amide bonds. The molecule has 1 aromatic carbocycles. The van der Waals surface area contributed by atoms with Crippen molar-refractivity contribution in [2.45, 2.75) is 12.3 Å². The van der Waals surface area contributed by atoms with Gasteiger partial charge in [-0.05, 0) is 29.8 Å². The van der Waals surface area contributed by atoms with Crippen LogP contribution >= 0.6 is 0 Å². The van der Waals surface area contributed by atoms with E-state index in [4.69, 9.17) is 10.5 Å². The largest absolute Gasteiger partial charge is 0.416 e. The number of morpholine rings is 1. The van der Waals surface area contributed by atoms with E-state index in [9.17, 15) is 18.0 Å². The molecular weight excluding hydrogens is 337 g/mol. The predicted octanol–water partition coefficient (Wildman–Crippen LogP) is 2.17. The van der Waals surface area contributed by atoms with E-state index >= 15 is 0 Å². The first-order chi connectivity index (χ1) is 11.8. The number of alkyl halides is 3. The van der Waals surface area contributed by atoms with Crippen LogP contribution in [0.25, 0.3) is 0 Å². The Bertz CT molecular complexity index is 747. The van der Waals surface area contributed by atoms with Crippen LogP contribution in [0.5, 0.6) is 0 Å². The van der Waals surface area contributed by atoms with Gasteiger partial charge < -0.3 is 15.4 Å². The highest BCUT2D eigenvalue weighted by Crippen LogP contribution is 2.31. The van der Waals surface area contributed by atoms with Gasteiger partial charge in [-0.1, -0.05) is 12.1 Å². The fourth-order valence-electron chi connectivity index (χ4n) is 2.57. The number of nitrogens with two attached hydrogens (primary N) is 1. The van der Waals surface area contributed by atoms with Gasteiger partial charge in [0.25, 0.3) is 5.91 Å². The summed E-state index contributed by atoms with van der Waals surface area (Å²) >= 11 is 0. The van der Waals surface area contributed by atoms with Gasteiger partial charge in [-0.3, -0.25) is 4.79 Å². The average Bonchev–Trinajstić information content (AvgIpc) is 2.61. The zero-order valence-electron chi connectivity index (χ0n) is 13.0. The third-order valence-corrected chi connectivity index (χ3v) is 3.90. The van der Waals surface area contributed by atoms with Crippen molar-refractivity contribution in [2.24, 2.45) is 5.73 Å². The molecule has 1 unspecified atom stereocenters. The van der Waals surface area contributed by atoms with Gasteiger partial charge in [0.2, 0.25) is 0 Å². The summed E-state index contributed by atoms with van der Waals surface area (Å²) in [6.45, 7) is 1.36. The van der Waals surface area contributed by atoms with Crippen LogP contribution in [0.2, 0.25) is 0 Å². The molecule has 1 aromatic heterocycles. The minimum absolute atomic E-state index is 0.0660. The van der Waals surface area contributed by atoms with Crippen molar-refractivity contribution in [3.8, 4) is 0 Å². The number of nitrogens with zero attached hydrogens (tertiary/aromatic N) is 3. The fraction of sp³-hybridized carbons (Fsp3) is 0.312. The SMILES string of the molecule is NC(=O)c1ccc(N2CCOC(c3ccc(C(F)(F)F)cc3)C2)nn1. The second-order valence-electron chi connectivity index (χ2n) is 5.57. The Morgan fingerprint density at radius 1 is 1.16 bits per heavy atom. The number of aromatic nitrogens is 2. The Morgan fingerprint density at radius 3 is 2.44 bits per heavy atom. The Kier molecular flexibility index (Phi) is 4.58. The predicted molar refractivity (Wildman–Crippen MR) is 82.9 cm³/mol. The van der Waals surface area contributed by atoms with Crippen molar-refractivity contribution in [1.82, 2.24) is 10.2 Å². The second kappa shape index (κ2) is 6.67. The van der Waals surface area contributed by atoms with Gasteiger partial charge in [-0.2, -0.15) is 13.2 Å². The van der Waals surface area contributed by atoms with E-state index in [2.05, 4.69) is 10.2 Å². The molecular formula is C16H15F3N4O2. The van der Waals surface area contributed by atoms with E-state index in [0.29, 0.717) is 31.1 Å². The molecule has 2 heterocycles. The summed E-state index contributed by atoms with van der Waals surface area (Å²) in [5.41, 5.74) is 5.15. The summed E-state index contributed by atoms with van der Waals surface area (Å²) in [6.07, 6.45) is -4.75.